The summed E-state index contributed by atoms with van der Waals surface area (Å²) in [6.45, 7) is 3.64. The van der Waals surface area contributed by atoms with Gasteiger partial charge in [0.2, 0.25) is 11.8 Å². The fourth-order valence-corrected chi connectivity index (χ4v) is 4.71. The number of aliphatic hydroxyl groups is 2. The van der Waals surface area contributed by atoms with Gasteiger partial charge in [-0.3, -0.25) is 9.59 Å². The molecule has 0 unspecified atom stereocenters. The highest BCUT2D eigenvalue weighted by Crippen LogP contribution is 2.47. The Morgan fingerprint density at radius 2 is 1.91 bits per heavy atom. The Bertz CT molecular complexity index is 1120. The molecule has 0 fully saturated rings. The van der Waals surface area contributed by atoms with Gasteiger partial charge in [-0.1, -0.05) is 36.4 Å². The minimum Gasteiger partial charge on any atom is -0.486 e. The SMILES string of the molecule is C=CCCC(=O)N(Cc1ccc(F)cc1)[C@@H]1C=C(C(=O)NCCO)[C@@H]2c3ccccc3O[C@@H]2[C@H]1O. The molecule has 0 saturated carbocycles. The number of carbonyl (C=O) groups is 2. The molecule has 2 aliphatic rings. The average molecular weight is 481 g/mol. The first-order valence-corrected chi connectivity index (χ1v) is 11.6. The molecule has 0 bridgehead atoms. The molecular weight excluding hydrogens is 451 g/mol. The van der Waals surface area contributed by atoms with E-state index in [-0.39, 0.29) is 32.0 Å². The molecular formula is C27H29FN2O5. The molecule has 0 aromatic heterocycles. The Kier molecular flexibility index (Phi) is 7.63. The molecule has 2 aromatic rings. The van der Waals surface area contributed by atoms with Crippen molar-refractivity contribution in [1.82, 2.24) is 10.2 Å². The number of ether oxygens (including phenoxy) is 1. The average Bonchev–Trinajstić information content (AvgIpc) is 3.26. The quantitative estimate of drug-likeness (QED) is 0.479. The van der Waals surface area contributed by atoms with Gasteiger partial charge in [-0.25, -0.2) is 4.39 Å². The Morgan fingerprint density at radius 3 is 2.63 bits per heavy atom. The lowest BCUT2D eigenvalue weighted by Crippen LogP contribution is -2.55. The molecule has 2 amide bonds. The molecule has 184 valence electrons. The van der Waals surface area contributed by atoms with Crippen molar-refractivity contribution in [3.63, 3.8) is 0 Å². The summed E-state index contributed by atoms with van der Waals surface area (Å²) >= 11 is 0. The van der Waals surface area contributed by atoms with E-state index in [1.165, 1.54) is 17.0 Å². The normalized spacial score (nSPS) is 22.3. The van der Waals surface area contributed by atoms with Crippen LogP contribution < -0.4 is 10.1 Å². The van der Waals surface area contributed by atoms with E-state index >= 15 is 0 Å². The zero-order valence-corrected chi connectivity index (χ0v) is 19.3. The van der Waals surface area contributed by atoms with Crippen molar-refractivity contribution in [3.05, 3.63) is 89.8 Å². The van der Waals surface area contributed by atoms with Crippen molar-refractivity contribution in [2.75, 3.05) is 13.2 Å². The molecule has 0 radical (unpaired) electrons. The second-order valence-electron chi connectivity index (χ2n) is 8.66. The van der Waals surface area contributed by atoms with E-state index in [4.69, 9.17) is 4.74 Å². The van der Waals surface area contributed by atoms with Gasteiger partial charge in [0.15, 0.2) is 0 Å². The van der Waals surface area contributed by atoms with Crippen molar-refractivity contribution < 1.29 is 28.9 Å². The van der Waals surface area contributed by atoms with Crippen LogP contribution in [0.1, 0.15) is 29.9 Å². The third kappa shape index (κ3) is 5.13. The van der Waals surface area contributed by atoms with Crippen molar-refractivity contribution in [2.24, 2.45) is 0 Å². The smallest absolute Gasteiger partial charge is 0.247 e. The Balaban J connectivity index is 1.74. The van der Waals surface area contributed by atoms with Crippen LogP contribution in [0.15, 0.2) is 72.8 Å². The number of allylic oxidation sites excluding steroid dienone is 1. The predicted molar refractivity (Wildman–Crippen MR) is 128 cm³/mol. The maximum absolute atomic E-state index is 13.5. The van der Waals surface area contributed by atoms with Gasteiger partial charge >= 0.3 is 0 Å². The lowest BCUT2D eigenvalue weighted by Gasteiger charge is -2.40. The first kappa shape index (κ1) is 24.6. The van der Waals surface area contributed by atoms with E-state index < -0.39 is 35.9 Å². The van der Waals surface area contributed by atoms with Gasteiger partial charge in [-0.2, -0.15) is 0 Å². The van der Waals surface area contributed by atoms with E-state index in [0.29, 0.717) is 23.3 Å². The molecule has 7 nitrogen and oxygen atoms in total. The van der Waals surface area contributed by atoms with Crippen LogP contribution in [-0.4, -0.2) is 58.3 Å². The summed E-state index contributed by atoms with van der Waals surface area (Å²) in [6, 6.07) is 12.2. The highest BCUT2D eigenvalue weighted by molar-refractivity contribution is 5.96. The van der Waals surface area contributed by atoms with E-state index in [9.17, 15) is 24.2 Å². The molecule has 4 rings (SSSR count). The zero-order chi connectivity index (χ0) is 24.9. The molecule has 4 atom stereocenters. The number of hydrogen-bond donors (Lipinski definition) is 3. The fraction of sp³-hybridized carbons (Fsp3) is 0.333. The van der Waals surface area contributed by atoms with Crippen LogP contribution >= 0.6 is 0 Å². The largest absolute Gasteiger partial charge is 0.486 e. The monoisotopic (exact) mass is 480 g/mol. The molecule has 0 spiro atoms. The summed E-state index contributed by atoms with van der Waals surface area (Å²) in [5.74, 6) is -0.970. The number of amides is 2. The highest BCUT2D eigenvalue weighted by Gasteiger charge is 2.50. The topological polar surface area (TPSA) is 99.1 Å². The van der Waals surface area contributed by atoms with E-state index in [0.717, 1.165) is 5.56 Å². The molecule has 1 aliphatic heterocycles. The van der Waals surface area contributed by atoms with Crippen LogP contribution in [0.3, 0.4) is 0 Å². The molecule has 35 heavy (non-hydrogen) atoms. The molecule has 2 aromatic carbocycles. The third-order valence-electron chi connectivity index (χ3n) is 6.39. The number of para-hydroxylation sites is 1. The third-order valence-corrected chi connectivity index (χ3v) is 6.39. The number of halogens is 1. The van der Waals surface area contributed by atoms with E-state index in [1.54, 1.807) is 30.4 Å². The van der Waals surface area contributed by atoms with Gasteiger partial charge in [0.05, 0.1) is 18.6 Å². The summed E-state index contributed by atoms with van der Waals surface area (Å²) in [6.07, 6.45) is 1.99. The van der Waals surface area contributed by atoms with Crippen molar-refractivity contribution in [2.45, 2.75) is 43.6 Å². The molecule has 0 saturated heterocycles. The maximum atomic E-state index is 13.5. The molecule has 1 heterocycles. The first-order valence-electron chi connectivity index (χ1n) is 11.6. The van der Waals surface area contributed by atoms with Crippen molar-refractivity contribution in [3.8, 4) is 5.75 Å². The van der Waals surface area contributed by atoms with Crippen molar-refractivity contribution >= 4 is 11.8 Å². The van der Waals surface area contributed by atoms with Crippen molar-refractivity contribution in [1.29, 1.82) is 0 Å². The standard InChI is InChI=1S/C27H29FN2O5/c1-2-3-8-23(32)30(16-17-9-11-18(28)12-10-17)21-15-20(27(34)29-13-14-31)24-19-6-4-5-7-22(19)35-26(24)25(21)33/h2,4-7,9-12,15,21,24-26,31,33H,1,3,8,13-14,16H2,(H,29,34)/t21-,24+,25+,26+/m1/s1. The van der Waals surface area contributed by atoms with E-state index in [1.807, 2.05) is 18.2 Å². The van der Waals surface area contributed by atoms with Crippen LogP contribution in [0, 0.1) is 5.82 Å². The number of nitrogens with zero attached hydrogens (tertiary/aromatic N) is 1. The fourth-order valence-electron chi connectivity index (χ4n) is 4.71. The van der Waals surface area contributed by atoms with Crippen LogP contribution in [-0.2, 0) is 16.1 Å². The van der Waals surface area contributed by atoms with Gasteiger partial charge in [0.25, 0.3) is 0 Å². The summed E-state index contributed by atoms with van der Waals surface area (Å²) in [5.41, 5.74) is 1.83. The minimum atomic E-state index is -1.12. The van der Waals surface area contributed by atoms with Gasteiger partial charge < -0.3 is 25.2 Å². The summed E-state index contributed by atoms with van der Waals surface area (Å²) in [7, 11) is 0. The number of hydrogen-bond acceptors (Lipinski definition) is 5. The molecule has 8 heteroatoms. The van der Waals surface area contributed by atoms with Crippen LogP contribution in [0.2, 0.25) is 0 Å². The van der Waals surface area contributed by atoms with Crippen LogP contribution in [0.25, 0.3) is 0 Å². The highest BCUT2D eigenvalue weighted by atomic mass is 19.1. The number of aliphatic hydroxyl groups excluding tert-OH is 2. The predicted octanol–water partition coefficient (Wildman–Crippen LogP) is 2.44. The van der Waals surface area contributed by atoms with Crippen LogP contribution in [0.5, 0.6) is 5.75 Å². The summed E-state index contributed by atoms with van der Waals surface area (Å²) in [4.78, 5) is 27.9. The lowest BCUT2D eigenvalue weighted by atomic mass is 9.77. The maximum Gasteiger partial charge on any atom is 0.247 e. The second kappa shape index (κ2) is 10.8. The lowest BCUT2D eigenvalue weighted by molar-refractivity contribution is -0.138. The zero-order valence-electron chi connectivity index (χ0n) is 19.3. The van der Waals surface area contributed by atoms with Crippen LogP contribution in [0.4, 0.5) is 4.39 Å². The Labute approximate surface area is 203 Å². The summed E-state index contributed by atoms with van der Waals surface area (Å²) < 4.78 is 19.6. The Hall–Kier alpha value is -3.49. The number of nitrogens with one attached hydrogen (secondary N) is 1. The van der Waals surface area contributed by atoms with E-state index in [2.05, 4.69) is 11.9 Å². The number of carbonyl (C=O) groups excluding carboxylic acids is 2. The summed E-state index contributed by atoms with van der Waals surface area (Å²) in [5, 5.41) is 23.3. The molecule has 3 N–H and O–H groups in total. The Morgan fingerprint density at radius 1 is 1.17 bits per heavy atom. The second-order valence-corrected chi connectivity index (χ2v) is 8.66. The number of benzene rings is 2. The minimum absolute atomic E-state index is 0.0703. The van der Waals surface area contributed by atoms with Gasteiger partial charge in [-0.05, 0) is 36.3 Å². The molecule has 1 aliphatic carbocycles. The van der Waals surface area contributed by atoms with Gasteiger partial charge in [0.1, 0.15) is 23.8 Å². The number of fused-ring (bicyclic) bond motifs is 3. The number of rotatable bonds is 9. The van der Waals surface area contributed by atoms with Gasteiger partial charge in [-0.15, -0.1) is 6.58 Å². The first-order chi connectivity index (χ1) is 16.9. The van der Waals surface area contributed by atoms with Gasteiger partial charge in [0, 0.05) is 30.6 Å².